The summed E-state index contributed by atoms with van der Waals surface area (Å²) in [4.78, 5) is 29.7. The van der Waals surface area contributed by atoms with Crippen molar-refractivity contribution < 1.29 is 14.3 Å². The molecule has 0 aliphatic carbocycles. The Labute approximate surface area is 183 Å². The minimum atomic E-state index is -0.194. The van der Waals surface area contributed by atoms with Gasteiger partial charge < -0.3 is 9.64 Å². The van der Waals surface area contributed by atoms with Crippen molar-refractivity contribution in [3.8, 4) is 5.75 Å². The number of nitrogens with one attached hydrogen (secondary N) is 1. The number of ether oxygens (including phenoxy) is 1. The Balaban J connectivity index is 1.48. The number of para-hydroxylation sites is 1. The molecule has 1 aromatic heterocycles. The third-order valence-electron chi connectivity index (χ3n) is 4.08. The maximum atomic E-state index is 12.1. The standard InChI is InChI=1S/C21H22N4O3S2/c1-14(15-8-10-16(11-9-15)28-12-20(27)25(2)3)23-24-19(26)13-29-21-22-17-6-4-5-7-18(17)30-21/h4-11H,12-13H2,1-3H3,(H,24,26)/b23-14-. The van der Waals surface area contributed by atoms with Crippen LogP contribution in [0.2, 0.25) is 0 Å². The molecule has 0 aliphatic rings. The zero-order valence-corrected chi connectivity index (χ0v) is 18.5. The van der Waals surface area contributed by atoms with E-state index < -0.39 is 0 Å². The van der Waals surface area contributed by atoms with Crippen LogP contribution in [0.3, 0.4) is 0 Å². The normalized spacial score (nSPS) is 11.4. The van der Waals surface area contributed by atoms with E-state index in [4.69, 9.17) is 4.74 Å². The van der Waals surface area contributed by atoms with Gasteiger partial charge >= 0.3 is 0 Å². The number of thioether (sulfide) groups is 1. The van der Waals surface area contributed by atoms with Gasteiger partial charge in [-0.1, -0.05) is 23.9 Å². The number of aromatic nitrogens is 1. The maximum absolute atomic E-state index is 12.1. The van der Waals surface area contributed by atoms with E-state index in [0.29, 0.717) is 11.5 Å². The third kappa shape index (κ3) is 6.04. The number of rotatable bonds is 8. The molecule has 0 saturated carbocycles. The van der Waals surface area contributed by atoms with E-state index in [-0.39, 0.29) is 24.2 Å². The van der Waals surface area contributed by atoms with Crippen LogP contribution in [-0.4, -0.2) is 53.9 Å². The van der Waals surface area contributed by atoms with Crippen molar-refractivity contribution in [1.29, 1.82) is 0 Å². The minimum absolute atomic E-state index is 0.0121. The van der Waals surface area contributed by atoms with E-state index in [1.165, 1.54) is 16.7 Å². The first-order valence-corrected chi connectivity index (χ1v) is 11.0. The van der Waals surface area contributed by atoms with Crippen LogP contribution < -0.4 is 10.2 Å². The lowest BCUT2D eigenvalue weighted by atomic mass is 10.1. The summed E-state index contributed by atoms with van der Waals surface area (Å²) in [5.74, 6) is 0.533. The lowest BCUT2D eigenvalue weighted by Crippen LogP contribution is -2.27. The molecule has 3 rings (SSSR count). The van der Waals surface area contributed by atoms with E-state index in [9.17, 15) is 9.59 Å². The lowest BCUT2D eigenvalue weighted by Gasteiger charge is -2.11. The Morgan fingerprint density at radius 1 is 1.17 bits per heavy atom. The lowest BCUT2D eigenvalue weighted by molar-refractivity contribution is -0.130. The zero-order valence-electron chi connectivity index (χ0n) is 16.9. The van der Waals surface area contributed by atoms with Gasteiger partial charge in [0.2, 0.25) is 0 Å². The van der Waals surface area contributed by atoms with E-state index in [0.717, 1.165) is 20.1 Å². The van der Waals surface area contributed by atoms with E-state index in [2.05, 4.69) is 15.5 Å². The molecule has 2 aromatic carbocycles. The quantitative estimate of drug-likeness (QED) is 0.328. The molecule has 0 unspecified atom stereocenters. The van der Waals surface area contributed by atoms with Gasteiger partial charge in [0.15, 0.2) is 10.9 Å². The fourth-order valence-electron chi connectivity index (χ4n) is 2.35. The van der Waals surface area contributed by atoms with Gasteiger partial charge in [-0.05, 0) is 48.9 Å². The highest BCUT2D eigenvalue weighted by Crippen LogP contribution is 2.29. The van der Waals surface area contributed by atoms with Gasteiger partial charge in [0.05, 0.1) is 21.7 Å². The first-order valence-electron chi connectivity index (χ1n) is 9.17. The fraction of sp³-hybridized carbons (Fsp3) is 0.238. The van der Waals surface area contributed by atoms with Crippen molar-refractivity contribution in [1.82, 2.24) is 15.3 Å². The molecule has 7 nitrogen and oxygen atoms in total. The number of carbonyl (C=O) groups is 2. The Kier molecular flexibility index (Phi) is 7.42. The van der Waals surface area contributed by atoms with Crippen molar-refractivity contribution in [3.63, 3.8) is 0 Å². The summed E-state index contributed by atoms with van der Waals surface area (Å²) in [6, 6.07) is 15.1. The van der Waals surface area contributed by atoms with E-state index >= 15 is 0 Å². The number of benzene rings is 2. The topological polar surface area (TPSA) is 83.9 Å². The number of likely N-dealkylation sites (N-methyl/N-ethyl adjacent to an activating group) is 1. The molecule has 0 aliphatic heterocycles. The fourth-order valence-corrected chi connectivity index (χ4v) is 4.21. The average molecular weight is 443 g/mol. The van der Waals surface area contributed by atoms with Crippen LogP contribution in [0.4, 0.5) is 0 Å². The van der Waals surface area contributed by atoms with Crippen LogP contribution in [0.25, 0.3) is 10.2 Å². The van der Waals surface area contributed by atoms with Crippen LogP contribution in [0.1, 0.15) is 12.5 Å². The highest BCUT2D eigenvalue weighted by molar-refractivity contribution is 8.01. The summed E-state index contributed by atoms with van der Waals surface area (Å²) in [6.07, 6.45) is 0. The molecule has 0 atom stereocenters. The van der Waals surface area contributed by atoms with Crippen molar-refractivity contribution in [2.24, 2.45) is 5.10 Å². The number of carbonyl (C=O) groups excluding carboxylic acids is 2. The Morgan fingerprint density at radius 2 is 1.90 bits per heavy atom. The number of nitrogens with zero attached hydrogens (tertiary/aromatic N) is 3. The van der Waals surface area contributed by atoms with Gasteiger partial charge in [0, 0.05) is 14.1 Å². The molecule has 1 N–H and O–H groups in total. The number of fused-ring (bicyclic) bond motifs is 1. The number of thiazole rings is 1. The molecule has 0 fully saturated rings. The summed E-state index contributed by atoms with van der Waals surface area (Å²) in [5, 5.41) is 4.16. The van der Waals surface area contributed by atoms with Crippen LogP contribution >= 0.6 is 23.1 Å². The highest BCUT2D eigenvalue weighted by atomic mass is 32.2. The Morgan fingerprint density at radius 3 is 2.60 bits per heavy atom. The molecule has 3 aromatic rings. The molecule has 156 valence electrons. The third-order valence-corrected chi connectivity index (χ3v) is 6.26. The predicted octanol–water partition coefficient (Wildman–Crippen LogP) is 3.40. The summed E-state index contributed by atoms with van der Waals surface area (Å²) in [5.41, 5.74) is 5.04. The summed E-state index contributed by atoms with van der Waals surface area (Å²) >= 11 is 2.96. The molecule has 0 radical (unpaired) electrons. The zero-order chi connectivity index (χ0) is 21.5. The van der Waals surface area contributed by atoms with Crippen LogP contribution in [0.15, 0.2) is 58.0 Å². The Hall–Kier alpha value is -2.91. The number of amides is 2. The highest BCUT2D eigenvalue weighted by Gasteiger charge is 2.08. The SMILES string of the molecule is C/C(=N/NC(=O)CSc1nc2ccccc2s1)c1ccc(OCC(=O)N(C)C)cc1. The van der Waals surface area contributed by atoms with Crippen molar-refractivity contribution in [3.05, 3.63) is 54.1 Å². The molecule has 0 saturated heterocycles. The van der Waals surface area contributed by atoms with Gasteiger partial charge in [-0.3, -0.25) is 9.59 Å². The van der Waals surface area contributed by atoms with Gasteiger partial charge in [0.25, 0.3) is 11.8 Å². The second-order valence-electron chi connectivity index (χ2n) is 6.57. The summed E-state index contributed by atoms with van der Waals surface area (Å²) in [7, 11) is 3.36. The maximum Gasteiger partial charge on any atom is 0.259 e. The molecular formula is C21H22N4O3S2. The van der Waals surface area contributed by atoms with Crippen molar-refractivity contribution in [2.45, 2.75) is 11.3 Å². The predicted molar refractivity (Wildman–Crippen MR) is 121 cm³/mol. The molecule has 1 heterocycles. The van der Waals surface area contributed by atoms with Crippen molar-refractivity contribution in [2.75, 3.05) is 26.5 Å². The van der Waals surface area contributed by atoms with Gasteiger partial charge in [0.1, 0.15) is 5.75 Å². The van der Waals surface area contributed by atoms with Gasteiger partial charge in [-0.2, -0.15) is 5.10 Å². The van der Waals surface area contributed by atoms with Crippen LogP contribution in [0.5, 0.6) is 5.75 Å². The minimum Gasteiger partial charge on any atom is -0.484 e. The van der Waals surface area contributed by atoms with Crippen LogP contribution in [0, 0.1) is 0 Å². The number of hydrogen-bond donors (Lipinski definition) is 1. The van der Waals surface area contributed by atoms with E-state index in [1.807, 2.05) is 43.3 Å². The first-order chi connectivity index (χ1) is 14.4. The molecule has 2 amide bonds. The Bertz CT molecular complexity index is 1030. The monoisotopic (exact) mass is 442 g/mol. The largest absolute Gasteiger partial charge is 0.484 e. The molecule has 9 heteroatoms. The first kappa shape index (κ1) is 21.8. The summed E-state index contributed by atoms with van der Waals surface area (Å²) in [6.45, 7) is 1.80. The molecule has 30 heavy (non-hydrogen) atoms. The second kappa shape index (κ2) is 10.2. The second-order valence-corrected chi connectivity index (χ2v) is 8.82. The van der Waals surface area contributed by atoms with Crippen LogP contribution in [-0.2, 0) is 9.59 Å². The van der Waals surface area contributed by atoms with Crippen molar-refractivity contribution >= 4 is 50.8 Å². The summed E-state index contributed by atoms with van der Waals surface area (Å²) < 4.78 is 7.41. The number of hydrogen-bond acceptors (Lipinski definition) is 7. The average Bonchev–Trinajstić information content (AvgIpc) is 3.17. The van der Waals surface area contributed by atoms with E-state index in [1.54, 1.807) is 37.6 Å². The van der Waals surface area contributed by atoms with Gasteiger partial charge in [-0.15, -0.1) is 11.3 Å². The van der Waals surface area contributed by atoms with Gasteiger partial charge in [-0.25, -0.2) is 10.4 Å². The molecular weight excluding hydrogens is 420 g/mol. The molecule has 0 bridgehead atoms. The number of hydrazone groups is 1. The smallest absolute Gasteiger partial charge is 0.259 e. The molecule has 0 spiro atoms.